The van der Waals surface area contributed by atoms with Crippen LogP contribution in [0.15, 0.2) is 47.6 Å². The number of phenols is 1. The van der Waals surface area contributed by atoms with Crippen LogP contribution in [0.3, 0.4) is 0 Å². The molecule has 128 valence electrons. The van der Waals surface area contributed by atoms with E-state index in [4.69, 9.17) is 0 Å². The van der Waals surface area contributed by atoms with Crippen LogP contribution in [0.2, 0.25) is 0 Å². The number of phenolic OH excluding ortho intramolecular Hbond substituents is 1. The number of hydrogen-bond acceptors (Lipinski definition) is 6. The lowest BCUT2D eigenvalue weighted by Crippen LogP contribution is -2.32. The standard InChI is InChI=1S/C16H14N4O5/c1-10-3-2-4-12(7-10)18-15(22)16(23)19-17-9-11-8-13(20(24)25)5-6-14(11)21/h2-9,21H,1H3,(H,18,22)(H,19,23). The molecule has 0 spiro atoms. The molecule has 2 rings (SSSR count). The molecular formula is C16H14N4O5. The molecule has 2 aromatic rings. The van der Waals surface area contributed by atoms with E-state index >= 15 is 0 Å². The van der Waals surface area contributed by atoms with Gasteiger partial charge in [-0.1, -0.05) is 12.1 Å². The van der Waals surface area contributed by atoms with Crippen LogP contribution in [0, 0.1) is 17.0 Å². The summed E-state index contributed by atoms with van der Waals surface area (Å²) in [6.07, 6.45) is 1.00. The van der Waals surface area contributed by atoms with Gasteiger partial charge in [-0.15, -0.1) is 0 Å². The largest absolute Gasteiger partial charge is 0.507 e. The van der Waals surface area contributed by atoms with Crippen LogP contribution >= 0.6 is 0 Å². The van der Waals surface area contributed by atoms with Gasteiger partial charge in [0, 0.05) is 23.4 Å². The third-order valence-electron chi connectivity index (χ3n) is 3.07. The van der Waals surface area contributed by atoms with Gasteiger partial charge in [-0.3, -0.25) is 19.7 Å². The summed E-state index contributed by atoms with van der Waals surface area (Å²) in [5, 5.41) is 26.2. The molecule has 0 bridgehead atoms. The van der Waals surface area contributed by atoms with E-state index in [1.807, 2.05) is 18.4 Å². The number of carbonyl (C=O) groups excluding carboxylic acids is 2. The molecular weight excluding hydrogens is 328 g/mol. The van der Waals surface area contributed by atoms with Crippen molar-refractivity contribution in [2.24, 2.45) is 5.10 Å². The Balaban J connectivity index is 1.99. The first-order valence-electron chi connectivity index (χ1n) is 7.05. The Hall–Kier alpha value is -3.75. The number of aromatic hydroxyl groups is 1. The minimum Gasteiger partial charge on any atom is -0.507 e. The van der Waals surface area contributed by atoms with Crippen LogP contribution in [0.25, 0.3) is 0 Å². The predicted molar refractivity (Wildman–Crippen MR) is 90.3 cm³/mol. The van der Waals surface area contributed by atoms with Gasteiger partial charge >= 0.3 is 11.8 Å². The van der Waals surface area contributed by atoms with E-state index in [0.717, 1.165) is 30.0 Å². The molecule has 9 heteroatoms. The van der Waals surface area contributed by atoms with Gasteiger partial charge in [0.15, 0.2) is 0 Å². The summed E-state index contributed by atoms with van der Waals surface area (Å²) in [6, 6.07) is 10.2. The van der Waals surface area contributed by atoms with Crippen LogP contribution in [-0.4, -0.2) is 28.1 Å². The van der Waals surface area contributed by atoms with Crippen molar-refractivity contribution in [3.05, 3.63) is 63.7 Å². The number of non-ortho nitro benzene ring substituents is 1. The minimum atomic E-state index is -1.03. The summed E-state index contributed by atoms with van der Waals surface area (Å²) in [6.45, 7) is 1.84. The van der Waals surface area contributed by atoms with Crippen LogP contribution < -0.4 is 10.7 Å². The van der Waals surface area contributed by atoms with Gasteiger partial charge in [0.05, 0.1) is 11.1 Å². The van der Waals surface area contributed by atoms with Crippen molar-refractivity contribution in [3.63, 3.8) is 0 Å². The number of rotatable bonds is 4. The molecule has 0 radical (unpaired) electrons. The number of carbonyl (C=O) groups is 2. The fourth-order valence-corrected chi connectivity index (χ4v) is 1.88. The highest BCUT2D eigenvalue weighted by Crippen LogP contribution is 2.21. The quantitative estimate of drug-likeness (QED) is 0.336. The second-order valence-corrected chi connectivity index (χ2v) is 5.02. The van der Waals surface area contributed by atoms with Crippen LogP contribution in [-0.2, 0) is 9.59 Å². The van der Waals surface area contributed by atoms with Gasteiger partial charge in [0.25, 0.3) is 5.69 Å². The maximum absolute atomic E-state index is 11.7. The first-order chi connectivity index (χ1) is 11.9. The van der Waals surface area contributed by atoms with Crippen molar-refractivity contribution in [1.82, 2.24) is 5.43 Å². The highest BCUT2D eigenvalue weighted by Gasteiger charge is 2.13. The van der Waals surface area contributed by atoms with E-state index in [2.05, 4.69) is 10.4 Å². The van der Waals surface area contributed by atoms with Gasteiger partial charge in [0.1, 0.15) is 5.75 Å². The van der Waals surface area contributed by atoms with Crippen molar-refractivity contribution in [2.45, 2.75) is 6.92 Å². The number of nitrogens with zero attached hydrogens (tertiary/aromatic N) is 2. The van der Waals surface area contributed by atoms with Crippen molar-refractivity contribution in [2.75, 3.05) is 5.32 Å². The molecule has 0 aliphatic rings. The average molecular weight is 342 g/mol. The second kappa shape index (κ2) is 7.68. The summed E-state index contributed by atoms with van der Waals surface area (Å²) in [5.41, 5.74) is 3.13. The van der Waals surface area contributed by atoms with E-state index < -0.39 is 16.7 Å². The lowest BCUT2D eigenvalue weighted by atomic mass is 10.2. The Bertz CT molecular complexity index is 863. The van der Waals surface area contributed by atoms with Crippen molar-refractivity contribution < 1.29 is 19.6 Å². The van der Waals surface area contributed by atoms with Gasteiger partial charge in [-0.2, -0.15) is 5.10 Å². The smallest absolute Gasteiger partial charge is 0.329 e. The fourth-order valence-electron chi connectivity index (χ4n) is 1.88. The summed E-state index contributed by atoms with van der Waals surface area (Å²) >= 11 is 0. The topological polar surface area (TPSA) is 134 Å². The number of hydrogen-bond donors (Lipinski definition) is 3. The van der Waals surface area contributed by atoms with Gasteiger partial charge < -0.3 is 10.4 Å². The molecule has 0 atom stereocenters. The summed E-state index contributed by atoms with van der Waals surface area (Å²) < 4.78 is 0. The van der Waals surface area contributed by atoms with E-state index in [-0.39, 0.29) is 17.0 Å². The molecule has 25 heavy (non-hydrogen) atoms. The average Bonchev–Trinajstić information content (AvgIpc) is 2.56. The monoisotopic (exact) mass is 342 g/mol. The van der Waals surface area contributed by atoms with Crippen LogP contribution in [0.1, 0.15) is 11.1 Å². The first-order valence-corrected chi connectivity index (χ1v) is 7.05. The maximum Gasteiger partial charge on any atom is 0.329 e. The molecule has 0 unspecified atom stereocenters. The number of benzene rings is 2. The molecule has 0 saturated carbocycles. The van der Waals surface area contributed by atoms with E-state index in [1.165, 1.54) is 0 Å². The molecule has 0 saturated heterocycles. The number of aryl methyl sites for hydroxylation is 1. The lowest BCUT2D eigenvalue weighted by Gasteiger charge is -2.04. The molecule has 0 aliphatic heterocycles. The van der Waals surface area contributed by atoms with E-state index in [9.17, 15) is 24.8 Å². The van der Waals surface area contributed by atoms with Gasteiger partial charge in [-0.05, 0) is 30.7 Å². The fraction of sp³-hybridized carbons (Fsp3) is 0.0625. The molecule has 0 heterocycles. The second-order valence-electron chi connectivity index (χ2n) is 5.02. The molecule has 2 amide bonds. The molecule has 9 nitrogen and oxygen atoms in total. The summed E-state index contributed by atoms with van der Waals surface area (Å²) in [4.78, 5) is 33.5. The Morgan fingerprint density at radius 1 is 1.20 bits per heavy atom. The molecule has 3 N–H and O–H groups in total. The third-order valence-corrected chi connectivity index (χ3v) is 3.07. The molecule has 2 aromatic carbocycles. The Kier molecular flexibility index (Phi) is 5.41. The van der Waals surface area contributed by atoms with Crippen molar-refractivity contribution in [1.29, 1.82) is 0 Å². The van der Waals surface area contributed by atoms with E-state index in [1.54, 1.807) is 18.2 Å². The number of anilines is 1. The lowest BCUT2D eigenvalue weighted by molar-refractivity contribution is -0.384. The van der Waals surface area contributed by atoms with E-state index in [0.29, 0.717) is 5.69 Å². The SMILES string of the molecule is Cc1cccc(NC(=O)C(=O)NN=Cc2cc([N+](=O)[O-])ccc2O)c1. The molecule has 0 aromatic heterocycles. The predicted octanol–water partition coefficient (Wildman–Crippen LogP) is 1.70. The normalized spacial score (nSPS) is 10.4. The number of nitro benzene ring substituents is 1. The van der Waals surface area contributed by atoms with Crippen LogP contribution in [0.5, 0.6) is 5.75 Å². The number of nitrogens with one attached hydrogen (secondary N) is 2. The first kappa shape index (κ1) is 17.6. The van der Waals surface area contributed by atoms with Crippen molar-refractivity contribution >= 4 is 29.4 Å². The van der Waals surface area contributed by atoms with Gasteiger partial charge in [-0.25, -0.2) is 5.43 Å². The molecule has 0 fully saturated rings. The number of amides is 2. The van der Waals surface area contributed by atoms with Crippen LogP contribution in [0.4, 0.5) is 11.4 Å². The molecule has 0 aliphatic carbocycles. The zero-order valence-corrected chi connectivity index (χ0v) is 13.1. The Morgan fingerprint density at radius 2 is 1.96 bits per heavy atom. The Labute approximate surface area is 142 Å². The summed E-state index contributed by atoms with van der Waals surface area (Å²) in [7, 11) is 0. The highest BCUT2D eigenvalue weighted by atomic mass is 16.6. The third kappa shape index (κ3) is 4.86. The maximum atomic E-state index is 11.7. The number of nitro groups is 1. The minimum absolute atomic E-state index is 0.0218. The Morgan fingerprint density at radius 3 is 2.64 bits per heavy atom. The highest BCUT2D eigenvalue weighted by molar-refractivity contribution is 6.39. The van der Waals surface area contributed by atoms with Gasteiger partial charge in [0.2, 0.25) is 0 Å². The zero-order valence-electron chi connectivity index (χ0n) is 13.1. The van der Waals surface area contributed by atoms with Crippen molar-refractivity contribution in [3.8, 4) is 5.75 Å². The summed E-state index contributed by atoms with van der Waals surface area (Å²) in [5.74, 6) is -2.21. The zero-order chi connectivity index (χ0) is 18.4. The number of hydrazone groups is 1.